The third-order valence-corrected chi connectivity index (χ3v) is 6.53. The van der Waals surface area contributed by atoms with E-state index in [1.165, 1.54) is 11.3 Å². The molecule has 0 unspecified atom stereocenters. The molecule has 7 heteroatoms. The van der Waals surface area contributed by atoms with Gasteiger partial charge in [-0.15, -0.1) is 0 Å². The minimum Gasteiger partial charge on any atom is -0.497 e. The van der Waals surface area contributed by atoms with Crippen LogP contribution in [0.1, 0.15) is 23.1 Å². The molecule has 2 saturated heterocycles. The van der Waals surface area contributed by atoms with E-state index in [1.54, 1.807) is 12.0 Å². The lowest BCUT2D eigenvalue weighted by Crippen LogP contribution is -2.41. The maximum atomic E-state index is 12.9. The Kier molecular flexibility index (Phi) is 5.25. The largest absolute Gasteiger partial charge is 0.497 e. The highest BCUT2D eigenvalue weighted by Gasteiger charge is 2.49. The third-order valence-electron chi connectivity index (χ3n) is 6.53. The zero-order chi connectivity index (χ0) is 20.7. The molecule has 2 aliphatic rings. The van der Waals surface area contributed by atoms with E-state index in [-0.39, 0.29) is 12.1 Å². The first kappa shape index (κ1) is 19.8. The Morgan fingerprint density at radius 3 is 2.52 bits per heavy atom. The van der Waals surface area contributed by atoms with Gasteiger partial charge in [0.25, 0.3) is 0 Å². The highest BCUT2D eigenvalue weighted by atomic mass is 16.5. The molecule has 1 aromatic carbocycles. The Bertz CT molecular complexity index is 876. The summed E-state index contributed by atoms with van der Waals surface area (Å²) in [5.74, 6) is 2.80. The summed E-state index contributed by atoms with van der Waals surface area (Å²) in [7, 11) is 7.42. The van der Waals surface area contributed by atoms with Crippen molar-refractivity contribution in [2.45, 2.75) is 19.5 Å². The molecule has 2 fully saturated rings. The second-order valence-corrected chi connectivity index (χ2v) is 8.52. The fourth-order valence-corrected chi connectivity index (χ4v) is 4.87. The number of imidazole rings is 1. The molecule has 2 aromatic rings. The van der Waals surface area contributed by atoms with Crippen LogP contribution >= 0.6 is 0 Å². The molecule has 0 N–H and O–H groups in total. The summed E-state index contributed by atoms with van der Waals surface area (Å²) in [5, 5.41) is 0. The van der Waals surface area contributed by atoms with Crippen molar-refractivity contribution in [2.24, 2.45) is 18.9 Å². The number of carbonyl (C=O) groups is 1. The molecular formula is C22H31N5O2. The van der Waals surface area contributed by atoms with Crippen molar-refractivity contribution in [3.8, 4) is 5.75 Å². The van der Waals surface area contributed by atoms with Crippen LogP contribution in [0.3, 0.4) is 0 Å². The summed E-state index contributed by atoms with van der Waals surface area (Å²) in [6, 6.07) is 8.38. The number of fused-ring (bicyclic) bond motifs is 1. The Morgan fingerprint density at radius 1 is 1.21 bits per heavy atom. The summed E-state index contributed by atoms with van der Waals surface area (Å²) in [6.45, 7) is 5.74. The first-order valence-corrected chi connectivity index (χ1v) is 10.2. The Balaban J connectivity index is 1.57. The second-order valence-electron chi connectivity index (χ2n) is 8.52. The molecule has 0 spiro atoms. The van der Waals surface area contributed by atoms with Gasteiger partial charge in [0.2, 0.25) is 0 Å². The maximum Gasteiger partial charge on any atom is 0.320 e. The van der Waals surface area contributed by atoms with Crippen LogP contribution in [0.25, 0.3) is 0 Å². The van der Waals surface area contributed by atoms with Gasteiger partial charge in [-0.1, -0.05) is 12.1 Å². The van der Waals surface area contributed by atoms with Crippen molar-refractivity contribution in [3.05, 3.63) is 47.5 Å². The Labute approximate surface area is 172 Å². The first-order chi connectivity index (χ1) is 13.9. The van der Waals surface area contributed by atoms with E-state index in [9.17, 15) is 4.79 Å². The molecule has 3 heterocycles. The van der Waals surface area contributed by atoms with Crippen molar-refractivity contribution >= 4 is 6.03 Å². The number of likely N-dealkylation sites (tertiary alicyclic amines) is 2. The van der Waals surface area contributed by atoms with Gasteiger partial charge in [0.15, 0.2) is 0 Å². The van der Waals surface area contributed by atoms with Gasteiger partial charge in [-0.25, -0.2) is 9.78 Å². The van der Waals surface area contributed by atoms with E-state index in [1.807, 2.05) is 39.3 Å². The molecule has 156 valence electrons. The first-order valence-electron chi connectivity index (χ1n) is 10.2. The van der Waals surface area contributed by atoms with E-state index in [0.717, 1.165) is 37.8 Å². The lowest BCUT2D eigenvalue weighted by molar-refractivity contribution is 0.151. The van der Waals surface area contributed by atoms with Gasteiger partial charge in [-0.2, -0.15) is 0 Å². The Hall–Kier alpha value is -2.54. The molecule has 4 rings (SSSR count). The number of amides is 2. The van der Waals surface area contributed by atoms with Gasteiger partial charge in [0, 0.05) is 59.4 Å². The van der Waals surface area contributed by atoms with Gasteiger partial charge in [-0.3, -0.25) is 4.90 Å². The minimum absolute atomic E-state index is 0.0917. The number of hydrogen-bond donors (Lipinski definition) is 0. The minimum atomic E-state index is 0.0917. The van der Waals surface area contributed by atoms with Crippen molar-refractivity contribution in [2.75, 3.05) is 40.8 Å². The molecule has 7 nitrogen and oxygen atoms in total. The molecule has 0 bridgehead atoms. The van der Waals surface area contributed by atoms with Gasteiger partial charge in [0.05, 0.1) is 18.8 Å². The Morgan fingerprint density at radius 2 is 1.93 bits per heavy atom. The lowest BCUT2D eigenvalue weighted by atomic mass is 9.89. The predicted octanol–water partition coefficient (Wildman–Crippen LogP) is 2.52. The number of hydrogen-bond acceptors (Lipinski definition) is 4. The van der Waals surface area contributed by atoms with Crippen LogP contribution in [-0.2, 0) is 13.6 Å². The van der Waals surface area contributed by atoms with Crippen LogP contribution in [0.2, 0.25) is 0 Å². The zero-order valence-corrected chi connectivity index (χ0v) is 18.0. The number of aryl methyl sites for hydroxylation is 1. The number of aromatic nitrogens is 2. The highest BCUT2D eigenvalue weighted by molar-refractivity contribution is 5.75. The zero-order valence-electron chi connectivity index (χ0n) is 18.0. The number of urea groups is 1. The van der Waals surface area contributed by atoms with Crippen molar-refractivity contribution in [1.82, 2.24) is 24.3 Å². The van der Waals surface area contributed by atoms with Crippen LogP contribution in [0.15, 0.2) is 30.5 Å². The number of rotatable bonds is 4. The molecule has 0 aliphatic carbocycles. The third kappa shape index (κ3) is 3.59. The van der Waals surface area contributed by atoms with E-state index in [4.69, 9.17) is 4.74 Å². The average molecular weight is 398 g/mol. The molecule has 1 aromatic heterocycles. The van der Waals surface area contributed by atoms with Crippen LogP contribution in [0.4, 0.5) is 4.79 Å². The summed E-state index contributed by atoms with van der Waals surface area (Å²) in [6.07, 6.45) is 1.98. The van der Waals surface area contributed by atoms with Crippen LogP contribution in [0.5, 0.6) is 5.75 Å². The lowest BCUT2D eigenvalue weighted by Gasteiger charge is -2.32. The van der Waals surface area contributed by atoms with Crippen LogP contribution < -0.4 is 4.74 Å². The van der Waals surface area contributed by atoms with E-state index >= 15 is 0 Å². The van der Waals surface area contributed by atoms with Gasteiger partial charge < -0.3 is 19.1 Å². The molecule has 0 radical (unpaired) electrons. The van der Waals surface area contributed by atoms with Gasteiger partial charge >= 0.3 is 6.03 Å². The van der Waals surface area contributed by atoms with Gasteiger partial charge in [0.1, 0.15) is 11.6 Å². The highest BCUT2D eigenvalue weighted by Crippen LogP contribution is 2.45. The smallest absolute Gasteiger partial charge is 0.320 e. The molecular weight excluding hydrogens is 366 g/mol. The number of methoxy groups -OCH3 is 1. The molecule has 2 amide bonds. The summed E-state index contributed by atoms with van der Waals surface area (Å²) < 4.78 is 7.49. The SMILES string of the molecule is COc1ccc([C@H]2[C@@H]3CN(Cc4cnc(C)n4C)C[C@@H]3CN2C(=O)N(C)C)cc1. The second kappa shape index (κ2) is 7.71. The average Bonchev–Trinajstić information content (AvgIpc) is 3.35. The fourth-order valence-electron chi connectivity index (χ4n) is 4.87. The number of benzene rings is 1. The van der Waals surface area contributed by atoms with Crippen LogP contribution in [0, 0.1) is 18.8 Å². The quantitative estimate of drug-likeness (QED) is 0.796. The van der Waals surface area contributed by atoms with E-state index in [2.05, 4.69) is 38.5 Å². The maximum absolute atomic E-state index is 12.9. The fraction of sp³-hybridized carbons (Fsp3) is 0.545. The predicted molar refractivity (Wildman–Crippen MR) is 112 cm³/mol. The normalized spacial score (nSPS) is 24.0. The monoisotopic (exact) mass is 397 g/mol. The van der Waals surface area contributed by atoms with Crippen molar-refractivity contribution < 1.29 is 9.53 Å². The number of nitrogens with zero attached hydrogens (tertiary/aromatic N) is 5. The molecule has 3 atom stereocenters. The standard InChI is InChI=1S/C22H31N5O2/c1-15-23-10-18(25(15)4)13-26-11-17-12-27(22(28)24(2)3)21(20(17)14-26)16-6-8-19(29-5)9-7-16/h6-10,17,20-21H,11-14H2,1-5H3/t17-,20-,21+/m1/s1. The number of carbonyl (C=O) groups excluding carboxylic acids is 1. The molecule has 29 heavy (non-hydrogen) atoms. The summed E-state index contributed by atoms with van der Waals surface area (Å²) in [5.41, 5.74) is 2.43. The van der Waals surface area contributed by atoms with Crippen molar-refractivity contribution in [3.63, 3.8) is 0 Å². The van der Waals surface area contributed by atoms with E-state index < -0.39 is 0 Å². The topological polar surface area (TPSA) is 53.8 Å². The summed E-state index contributed by atoms with van der Waals surface area (Å²) >= 11 is 0. The van der Waals surface area contributed by atoms with E-state index in [0.29, 0.717) is 11.8 Å². The summed E-state index contributed by atoms with van der Waals surface area (Å²) in [4.78, 5) is 23.6. The molecule has 0 saturated carbocycles. The van der Waals surface area contributed by atoms with Gasteiger partial charge in [-0.05, 0) is 30.5 Å². The molecule has 2 aliphatic heterocycles. The van der Waals surface area contributed by atoms with Crippen molar-refractivity contribution in [1.29, 1.82) is 0 Å². The van der Waals surface area contributed by atoms with Crippen LogP contribution in [-0.4, -0.2) is 71.1 Å². The number of ether oxygens (including phenoxy) is 1.